The maximum absolute atomic E-state index is 12.7. The van der Waals surface area contributed by atoms with Gasteiger partial charge >= 0.3 is 0 Å². The van der Waals surface area contributed by atoms with Gasteiger partial charge in [0.05, 0.1) is 16.3 Å². The highest BCUT2D eigenvalue weighted by atomic mass is 16.6. The quantitative estimate of drug-likeness (QED) is 0.491. The number of para-hydroxylation sites is 2. The summed E-state index contributed by atoms with van der Waals surface area (Å²) < 4.78 is 0. The fourth-order valence-electron chi connectivity index (χ4n) is 3.70. The number of non-ortho nitro benzene ring substituents is 1. The standard InChI is InChI=1S/C24H22N4O4/c29-23(18-10-12-20(13-11-18)28(31)32)25-21-8-4-5-9-22(21)26-14-16-27(17-15-26)24(30)19-6-2-1-3-7-19/h1-13H,14-17H2,(H,25,29). The van der Waals surface area contributed by atoms with Crippen molar-refractivity contribution in [1.29, 1.82) is 0 Å². The molecule has 0 atom stereocenters. The topological polar surface area (TPSA) is 95.8 Å². The zero-order valence-electron chi connectivity index (χ0n) is 17.3. The Morgan fingerprint density at radius 2 is 1.41 bits per heavy atom. The van der Waals surface area contributed by atoms with Gasteiger partial charge in [-0.3, -0.25) is 19.7 Å². The Kier molecular flexibility index (Phi) is 6.12. The normalized spacial score (nSPS) is 13.5. The van der Waals surface area contributed by atoms with Gasteiger partial charge < -0.3 is 15.1 Å². The first kappa shape index (κ1) is 21.0. The van der Waals surface area contributed by atoms with Gasteiger partial charge in [0.25, 0.3) is 17.5 Å². The molecule has 2 amide bonds. The molecule has 1 aliphatic heterocycles. The Labute approximate surface area is 185 Å². The molecule has 32 heavy (non-hydrogen) atoms. The van der Waals surface area contributed by atoms with Crippen molar-refractivity contribution in [3.63, 3.8) is 0 Å². The van der Waals surface area contributed by atoms with Crippen LogP contribution in [0.2, 0.25) is 0 Å². The van der Waals surface area contributed by atoms with E-state index >= 15 is 0 Å². The van der Waals surface area contributed by atoms with Crippen molar-refractivity contribution in [3.8, 4) is 0 Å². The van der Waals surface area contributed by atoms with Gasteiger partial charge in [0.15, 0.2) is 0 Å². The third-order valence-corrected chi connectivity index (χ3v) is 5.42. The molecule has 0 unspecified atom stereocenters. The summed E-state index contributed by atoms with van der Waals surface area (Å²) in [6, 6.07) is 22.2. The zero-order valence-corrected chi connectivity index (χ0v) is 17.3. The van der Waals surface area contributed by atoms with Crippen LogP contribution in [-0.2, 0) is 0 Å². The van der Waals surface area contributed by atoms with Gasteiger partial charge in [-0.25, -0.2) is 0 Å². The lowest BCUT2D eigenvalue weighted by molar-refractivity contribution is -0.384. The highest BCUT2D eigenvalue weighted by Gasteiger charge is 2.24. The predicted octanol–water partition coefficient (Wildman–Crippen LogP) is 3.81. The molecule has 0 aromatic heterocycles. The molecule has 8 nitrogen and oxygen atoms in total. The number of carbonyl (C=O) groups is 2. The molecule has 1 fully saturated rings. The number of carbonyl (C=O) groups excluding carboxylic acids is 2. The van der Waals surface area contributed by atoms with E-state index in [1.165, 1.54) is 24.3 Å². The molecule has 0 aliphatic carbocycles. The van der Waals surface area contributed by atoms with Gasteiger partial charge in [-0.15, -0.1) is 0 Å². The SMILES string of the molecule is O=C(Nc1ccccc1N1CCN(C(=O)c2ccccc2)CC1)c1ccc([N+](=O)[O-])cc1. The average Bonchev–Trinajstić information content (AvgIpc) is 2.84. The molecule has 0 spiro atoms. The van der Waals surface area contributed by atoms with Crippen LogP contribution in [0.5, 0.6) is 0 Å². The van der Waals surface area contributed by atoms with Gasteiger partial charge in [-0.2, -0.15) is 0 Å². The van der Waals surface area contributed by atoms with Crippen LogP contribution in [0.25, 0.3) is 0 Å². The molecular formula is C24H22N4O4. The van der Waals surface area contributed by atoms with Crippen molar-refractivity contribution in [3.05, 3.63) is 100 Å². The monoisotopic (exact) mass is 430 g/mol. The highest BCUT2D eigenvalue weighted by Crippen LogP contribution is 2.27. The molecule has 1 heterocycles. The van der Waals surface area contributed by atoms with Gasteiger partial charge in [0.2, 0.25) is 0 Å². The Morgan fingerprint density at radius 1 is 0.781 bits per heavy atom. The highest BCUT2D eigenvalue weighted by molar-refractivity contribution is 6.06. The van der Waals surface area contributed by atoms with Crippen molar-refractivity contribution < 1.29 is 14.5 Å². The van der Waals surface area contributed by atoms with Crippen molar-refractivity contribution in [1.82, 2.24) is 4.90 Å². The van der Waals surface area contributed by atoms with E-state index in [4.69, 9.17) is 0 Å². The lowest BCUT2D eigenvalue weighted by atomic mass is 10.1. The fraction of sp³-hybridized carbons (Fsp3) is 0.167. The first-order valence-corrected chi connectivity index (χ1v) is 10.3. The molecule has 1 saturated heterocycles. The number of rotatable bonds is 5. The number of nitro groups is 1. The summed E-state index contributed by atoms with van der Waals surface area (Å²) >= 11 is 0. The summed E-state index contributed by atoms with van der Waals surface area (Å²) in [5.41, 5.74) is 2.47. The van der Waals surface area contributed by atoms with Crippen LogP contribution in [0.3, 0.4) is 0 Å². The summed E-state index contributed by atoms with van der Waals surface area (Å²) in [7, 11) is 0. The smallest absolute Gasteiger partial charge is 0.269 e. The number of nitrogens with zero attached hydrogens (tertiary/aromatic N) is 3. The summed E-state index contributed by atoms with van der Waals surface area (Å²) in [6.07, 6.45) is 0. The summed E-state index contributed by atoms with van der Waals surface area (Å²) in [5, 5.41) is 13.7. The van der Waals surface area contributed by atoms with Crippen molar-refractivity contribution in [2.45, 2.75) is 0 Å². The average molecular weight is 430 g/mol. The lowest BCUT2D eigenvalue weighted by Crippen LogP contribution is -2.49. The molecule has 8 heteroatoms. The van der Waals surface area contributed by atoms with E-state index in [1.807, 2.05) is 59.5 Å². The van der Waals surface area contributed by atoms with Gasteiger partial charge in [0, 0.05) is 49.4 Å². The predicted molar refractivity (Wildman–Crippen MR) is 122 cm³/mol. The Bertz CT molecular complexity index is 1120. The van der Waals surface area contributed by atoms with Gasteiger partial charge in [-0.1, -0.05) is 30.3 Å². The number of hydrogen-bond acceptors (Lipinski definition) is 5. The van der Waals surface area contributed by atoms with Crippen LogP contribution in [0.1, 0.15) is 20.7 Å². The second kappa shape index (κ2) is 9.30. The number of hydrogen-bond donors (Lipinski definition) is 1. The number of amides is 2. The van der Waals surface area contributed by atoms with E-state index in [0.29, 0.717) is 43.0 Å². The molecule has 1 N–H and O–H groups in total. The maximum atomic E-state index is 12.7. The van der Waals surface area contributed by atoms with E-state index in [2.05, 4.69) is 10.2 Å². The molecule has 1 aliphatic rings. The zero-order chi connectivity index (χ0) is 22.5. The van der Waals surface area contributed by atoms with E-state index in [9.17, 15) is 19.7 Å². The third-order valence-electron chi connectivity index (χ3n) is 5.42. The van der Waals surface area contributed by atoms with Gasteiger partial charge in [0.1, 0.15) is 0 Å². The largest absolute Gasteiger partial charge is 0.366 e. The summed E-state index contributed by atoms with van der Waals surface area (Å²) in [5.74, 6) is -0.324. The molecule has 3 aromatic rings. The maximum Gasteiger partial charge on any atom is 0.269 e. The second-order valence-corrected chi connectivity index (χ2v) is 7.42. The Balaban J connectivity index is 1.43. The first-order chi connectivity index (χ1) is 15.5. The molecule has 0 bridgehead atoms. The molecule has 0 saturated carbocycles. The second-order valence-electron chi connectivity index (χ2n) is 7.42. The number of nitrogens with one attached hydrogen (secondary N) is 1. The molecular weight excluding hydrogens is 408 g/mol. The van der Waals surface area contributed by atoms with Crippen molar-refractivity contribution in [2.75, 3.05) is 36.4 Å². The minimum absolute atomic E-state index is 0.0185. The Morgan fingerprint density at radius 3 is 2.06 bits per heavy atom. The fourth-order valence-corrected chi connectivity index (χ4v) is 3.70. The van der Waals surface area contributed by atoms with E-state index < -0.39 is 4.92 Å². The molecule has 162 valence electrons. The van der Waals surface area contributed by atoms with E-state index in [-0.39, 0.29) is 17.5 Å². The summed E-state index contributed by atoms with van der Waals surface area (Å²) in [6.45, 7) is 2.45. The van der Waals surface area contributed by atoms with Crippen LogP contribution in [0, 0.1) is 10.1 Å². The van der Waals surface area contributed by atoms with Crippen LogP contribution in [0.15, 0.2) is 78.9 Å². The number of nitro benzene ring substituents is 1. The third kappa shape index (κ3) is 4.59. The minimum Gasteiger partial charge on any atom is -0.366 e. The Hall–Kier alpha value is -4.20. The van der Waals surface area contributed by atoms with Gasteiger partial charge in [-0.05, 0) is 36.4 Å². The minimum atomic E-state index is -0.501. The van der Waals surface area contributed by atoms with Crippen molar-refractivity contribution in [2.24, 2.45) is 0 Å². The van der Waals surface area contributed by atoms with Crippen LogP contribution >= 0.6 is 0 Å². The van der Waals surface area contributed by atoms with Crippen LogP contribution in [-0.4, -0.2) is 47.8 Å². The lowest BCUT2D eigenvalue weighted by Gasteiger charge is -2.37. The molecule has 0 radical (unpaired) electrons. The van der Waals surface area contributed by atoms with Crippen molar-refractivity contribution >= 4 is 28.9 Å². The number of piperazine rings is 1. The molecule has 4 rings (SSSR count). The van der Waals surface area contributed by atoms with E-state index in [0.717, 1.165) is 5.69 Å². The molecule has 3 aromatic carbocycles. The first-order valence-electron chi connectivity index (χ1n) is 10.3. The van der Waals surface area contributed by atoms with E-state index in [1.54, 1.807) is 0 Å². The van der Waals surface area contributed by atoms with Crippen LogP contribution in [0.4, 0.5) is 17.1 Å². The number of benzene rings is 3. The number of anilines is 2. The summed E-state index contributed by atoms with van der Waals surface area (Å²) in [4.78, 5) is 39.7. The van der Waals surface area contributed by atoms with Crippen LogP contribution < -0.4 is 10.2 Å².